The average molecular weight is 544 g/mol. The smallest absolute Gasteiger partial charge is 0.550 e. The molecule has 7 nitrogen and oxygen atoms in total. The molecule has 3 aromatic rings. The molecular formula is C23H27ClKN5O2S2. The molecule has 0 atom stereocenters. The molecule has 3 rings (SSSR count). The first-order chi connectivity index (χ1) is 15.8. The minimum Gasteiger partial charge on any atom is -0.550 e. The first-order valence-corrected chi connectivity index (χ1v) is 11.9. The molecule has 2 aromatic carbocycles. The van der Waals surface area contributed by atoms with Crippen LogP contribution in [0.25, 0.3) is 5.69 Å². The second kappa shape index (κ2) is 13.9. The van der Waals surface area contributed by atoms with E-state index in [9.17, 15) is 9.90 Å². The molecule has 176 valence electrons. The average Bonchev–Trinajstić information content (AvgIpc) is 3.08. The summed E-state index contributed by atoms with van der Waals surface area (Å²) in [5, 5.41) is 20.7. The number of nitrogens with zero attached hydrogens (tertiary/aromatic N) is 2. The summed E-state index contributed by atoms with van der Waals surface area (Å²) in [6.07, 6.45) is 1.43. The first kappa shape index (κ1) is 29.2. The van der Waals surface area contributed by atoms with E-state index >= 15 is 0 Å². The summed E-state index contributed by atoms with van der Waals surface area (Å²) in [6, 6.07) is 11.8. The van der Waals surface area contributed by atoms with Gasteiger partial charge in [0.2, 0.25) is 0 Å². The molecule has 1 aromatic heterocycles. The van der Waals surface area contributed by atoms with E-state index in [0.717, 1.165) is 47.7 Å². The Kier molecular flexibility index (Phi) is 12.0. The van der Waals surface area contributed by atoms with Crippen molar-refractivity contribution in [2.45, 2.75) is 33.1 Å². The molecular weight excluding hydrogens is 517 g/mol. The van der Waals surface area contributed by atoms with Crippen LogP contribution in [0.15, 0.2) is 36.4 Å². The summed E-state index contributed by atoms with van der Waals surface area (Å²) in [6.45, 7) is 6.21. The zero-order valence-electron chi connectivity index (χ0n) is 19.6. The fourth-order valence-electron chi connectivity index (χ4n) is 3.95. The number of carboxylic acids is 1. The molecule has 0 fully saturated rings. The number of halogens is 1. The number of aromatic nitrogens is 3. The summed E-state index contributed by atoms with van der Waals surface area (Å²) >= 11 is 16.8. The number of aromatic amines is 2. The molecule has 0 radical (unpaired) electrons. The predicted molar refractivity (Wildman–Crippen MR) is 137 cm³/mol. The third-order valence-corrected chi connectivity index (χ3v) is 6.09. The number of rotatable bonds is 11. The Balaban J connectivity index is 0.00000408. The number of carbonyl (C=O) groups excluding carboxylic acids is 1. The Morgan fingerprint density at radius 1 is 1.09 bits per heavy atom. The van der Waals surface area contributed by atoms with Gasteiger partial charge in [0, 0.05) is 42.0 Å². The Bertz CT molecular complexity index is 1190. The molecule has 0 unspecified atom stereocenters. The monoisotopic (exact) mass is 543 g/mol. The zero-order valence-corrected chi connectivity index (χ0v) is 25.1. The summed E-state index contributed by atoms with van der Waals surface area (Å²) in [7, 11) is 0. The van der Waals surface area contributed by atoms with Crippen LogP contribution in [0.2, 0.25) is 5.02 Å². The topological polar surface area (TPSA) is 91.9 Å². The van der Waals surface area contributed by atoms with Crippen LogP contribution in [0.4, 0.5) is 11.4 Å². The van der Waals surface area contributed by atoms with E-state index in [1.807, 2.05) is 50.2 Å². The summed E-state index contributed by atoms with van der Waals surface area (Å²) < 4.78 is 2.79. The van der Waals surface area contributed by atoms with Crippen LogP contribution in [-0.2, 0) is 4.79 Å². The SMILES string of the molecule is Cc1cc(Cl)cc(C)c1N(CCCNc1cccc(-n2c(=S)[nH][nH]c2=S)c1)CCCC(=O)[O-].[K+]. The third-order valence-electron chi connectivity index (χ3n) is 5.30. The number of aryl methyl sites for hydroxylation is 2. The van der Waals surface area contributed by atoms with Gasteiger partial charge in [0.05, 0.1) is 5.69 Å². The molecule has 0 aliphatic heterocycles. The third kappa shape index (κ3) is 8.02. The van der Waals surface area contributed by atoms with Crippen LogP contribution in [0, 0.1) is 23.4 Å². The van der Waals surface area contributed by atoms with Crippen molar-refractivity contribution >= 4 is 53.4 Å². The predicted octanol–water partition coefficient (Wildman–Crippen LogP) is 1.71. The van der Waals surface area contributed by atoms with Crippen molar-refractivity contribution in [3.8, 4) is 5.69 Å². The van der Waals surface area contributed by atoms with Crippen molar-refractivity contribution in [3.05, 3.63) is 62.1 Å². The van der Waals surface area contributed by atoms with Crippen LogP contribution in [-0.4, -0.2) is 40.4 Å². The maximum atomic E-state index is 10.9. The number of aliphatic carboxylic acids is 1. The van der Waals surface area contributed by atoms with E-state index in [4.69, 9.17) is 36.0 Å². The molecule has 0 saturated heterocycles. The fraction of sp³-hybridized carbons (Fsp3) is 0.348. The first-order valence-electron chi connectivity index (χ1n) is 10.7. The fourth-order valence-corrected chi connectivity index (χ4v) is 4.84. The zero-order chi connectivity index (χ0) is 24.0. The summed E-state index contributed by atoms with van der Waals surface area (Å²) in [5.74, 6) is -1.02. The van der Waals surface area contributed by atoms with E-state index in [0.29, 0.717) is 27.5 Å². The molecule has 1 heterocycles. The standard InChI is InChI=1S/C23H28ClN5O2S2.K/c1-15-12-17(24)13-16(2)21(15)28(10-4-8-20(30)31)11-5-9-25-18-6-3-7-19(14-18)29-22(32)26-27-23(29)33;/h3,6-7,12-14,25H,4-5,8-11H2,1-2H3,(H,26,32)(H,27,33)(H,30,31);/q;+1/p-1. The van der Waals surface area contributed by atoms with Crippen molar-refractivity contribution in [1.82, 2.24) is 14.8 Å². The number of H-pyrrole nitrogens is 2. The van der Waals surface area contributed by atoms with Crippen LogP contribution in [0.1, 0.15) is 30.4 Å². The van der Waals surface area contributed by atoms with Crippen molar-refractivity contribution in [1.29, 1.82) is 0 Å². The number of hydrogen-bond acceptors (Lipinski definition) is 6. The molecule has 34 heavy (non-hydrogen) atoms. The maximum Gasteiger partial charge on any atom is 1.00 e. The second-order valence-corrected chi connectivity index (χ2v) is 9.09. The van der Waals surface area contributed by atoms with Gasteiger partial charge in [-0.15, -0.1) is 0 Å². The number of carboxylic acid groups (broad SMARTS) is 1. The number of carbonyl (C=O) groups is 1. The van der Waals surface area contributed by atoms with E-state index in [1.165, 1.54) is 0 Å². The Labute approximate surface area is 257 Å². The van der Waals surface area contributed by atoms with Gasteiger partial charge in [-0.05, 0) is 99.0 Å². The normalized spacial score (nSPS) is 10.6. The van der Waals surface area contributed by atoms with E-state index < -0.39 is 5.97 Å². The van der Waals surface area contributed by atoms with Gasteiger partial charge in [-0.1, -0.05) is 17.7 Å². The van der Waals surface area contributed by atoms with Crippen molar-refractivity contribution in [2.24, 2.45) is 0 Å². The van der Waals surface area contributed by atoms with Crippen molar-refractivity contribution < 1.29 is 61.3 Å². The molecule has 0 aliphatic carbocycles. The maximum absolute atomic E-state index is 10.9. The van der Waals surface area contributed by atoms with Crippen LogP contribution in [0.5, 0.6) is 0 Å². The van der Waals surface area contributed by atoms with E-state index in [1.54, 1.807) is 4.57 Å². The van der Waals surface area contributed by atoms with Crippen LogP contribution < -0.4 is 66.7 Å². The molecule has 0 aliphatic rings. The Morgan fingerprint density at radius 2 is 1.71 bits per heavy atom. The van der Waals surface area contributed by atoms with Gasteiger partial charge in [-0.2, -0.15) is 0 Å². The van der Waals surface area contributed by atoms with Gasteiger partial charge in [-0.3, -0.25) is 14.8 Å². The molecule has 0 spiro atoms. The van der Waals surface area contributed by atoms with E-state index in [-0.39, 0.29) is 57.8 Å². The molecule has 0 amide bonds. The van der Waals surface area contributed by atoms with Gasteiger partial charge >= 0.3 is 51.4 Å². The Morgan fingerprint density at radius 3 is 2.32 bits per heavy atom. The van der Waals surface area contributed by atoms with Gasteiger partial charge in [0.1, 0.15) is 0 Å². The number of anilines is 2. The number of benzene rings is 2. The second-order valence-electron chi connectivity index (χ2n) is 7.88. The van der Waals surface area contributed by atoms with Gasteiger partial charge < -0.3 is 20.1 Å². The molecule has 3 N–H and O–H groups in total. The van der Waals surface area contributed by atoms with Gasteiger partial charge in [0.15, 0.2) is 9.54 Å². The van der Waals surface area contributed by atoms with Crippen LogP contribution in [0.3, 0.4) is 0 Å². The largest absolute Gasteiger partial charge is 1.00 e. The van der Waals surface area contributed by atoms with Crippen molar-refractivity contribution in [2.75, 3.05) is 29.9 Å². The summed E-state index contributed by atoms with van der Waals surface area (Å²) in [5.41, 5.74) is 5.11. The minimum absolute atomic E-state index is 0. The molecule has 0 saturated carbocycles. The van der Waals surface area contributed by atoms with Gasteiger partial charge in [0.25, 0.3) is 0 Å². The Hall–Kier alpha value is -0.984. The number of nitrogens with one attached hydrogen (secondary N) is 3. The number of hydrogen-bond donors (Lipinski definition) is 3. The molecule has 0 bridgehead atoms. The minimum atomic E-state index is -1.02. The quantitative estimate of drug-likeness (QED) is 0.194. The van der Waals surface area contributed by atoms with Gasteiger partial charge in [-0.25, -0.2) is 0 Å². The summed E-state index contributed by atoms with van der Waals surface area (Å²) in [4.78, 5) is 13.1. The van der Waals surface area contributed by atoms with Crippen molar-refractivity contribution in [3.63, 3.8) is 0 Å². The van der Waals surface area contributed by atoms with Crippen LogP contribution >= 0.6 is 36.0 Å². The molecule has 11 heteroatoms. The van der Waals surface area contributed by atoms with E-state index in [2.05, 4.69) is 20.4 Å².